The Bertz CT molecular complexity index is 1090. The second-order valence-corrected chi connectivity index (χ2v) is 6.74. The molecule has 0 saturated carbocycles. The molecule has 1 heterocycles. The Hall–Kier alpha value is -2.94. The average molecular weight is 362 g/mol. The van der Waals surface area contributed by atoms with Crippen LogP contribution in [-0.2, 0) is 6.42 Å². The monoisotopic (exact) mass is 362 g/mol. The molecular weight excluding hydrogens is 342 g/mol. The van der Waals surface area contributed by atoms with Gasteiger partial charge in [0.1, 0.15) is 11.2 Å². The van der Waals surface area contributed by atoms with Crippen LogP contribution in [0.15, 0.2) is 83.3 Å². The number of hydrogen-bond donors (Lipinski definition) is 0. The number of para-hydroxylation sites is 1. The first kappa shape index (κ1) is 17.5. The summed E-state index contributed by atoms with van der Waals surface area (Å²) in [5.74, 6) is 0. The number of halogens is 2. The summed E-state index contributed by atoms with van der Waals surface area (Å²) in [5.41, 5.74) is 3.46. The molecule has 0 radical (unpaired) electrons. The number of fused-ring (bicyclic) bond motifs is 3. The Morgan fingerprint density at radius 2 is 1.48 bits per heavy atom. The first-order valence-corrected chi connectivity index (χ1v) is 9.22. The molecule has 0 bridgehead atoms. The summed E-state index contributed by atoms with van der Waals surface area (Å²) in [4.78, 5) is 0. The van der Waals surface area contributed by atoms with Gasteiger partial charge >= 0.3 is 0 Å². The van der Waals surface area contributed by atoms with Gasteiger partial charge in [-0.25, -0.2) is 0 Å². The van der Waals surface area contributed by atoms with Crippen LogP contribution in [0.25, 0.3) is 27.5 Å². The molecule has 4 aromatic rings. The Morgan fingerprint density at radius 1 is 0.741 bits per heavy atom. The number of allylic oxidation sites excluding steroid dienone is 1. The van der Waals surface area contributed by atoms with E-state index in [1.165, 1.54) is 5.56 Å². The maximum Gasteiger partial charge on any atom is 0.274 e. The molecule has 0 aliphatic carbocycles. The molecule has 0 amide bonds. The summed E-state index contributed by atoms with van der Waals surface area (Å²) in [6, 6.07) is 23.2. The van der Waals surface area contributed by atoms with Crippen molar-refractivity contribution in [1.29, 1.82) is 0 Å². The fourth-order valence-electron chi connectivity index (χ4n) is 3.54. The molecule has 136 valence electrons. The molecule has 0 fully saturated rings. The van der Waals surface area contributed by atoms with Crippen LogP contribution >= 0.6 is 0 Å². The second kappa shape index (κ2) is 7.75. The minimum absolute atomic E-state index is 0.134. The number of aryl methyl sites for hydroxylation is 1. The maximum absolute atomic E-state index is 13.6. The normalized spacial score (nSPS) is 11.2. The third-order valence-electron chi connectivity index (χ3n) is 4.94. The van der Waals surface area contributed by atoms with E-state index in [2.05, 4.69) is 12.1 Å². The third kappa shape index (κ3) is 3.77. The second-order valence-electron chi connectivity index (χ2n) is 6.74. The third-order valence-corrected chi connectivity index (χ3v) is 4.94. The van der Waals surface area contributed by atoms with E-state index in [1.807, 2.05) is 48.5 Å². The van der Waals surface area contributed by atoms with Crippen LogP contribution < -0.4 is 0 Å². The van der Waals surface area contributed by atoms with Crippen molar-refractivity contribution in [1.82, 2.24) is 0 Å². The van der Waals surface area contributed by atoms with Gasteiger partial charge in [0.05, 0.1) is 0 Å². The molecule has 0 spiro atoms. The summed E-state index contributed by atoms with van der Waals surface area (Å²) >= 11 is 0. The number of benzene rings is 3. The van der Waals surface area contributed by atoms with Crippen molar-refractivity contribution in [3.63, 3.8) is 0 Å². The molecule has 27 heavy (non-hydrogen) atoms. The van der Waals surface area contributed by atoms with E-state index in [0.29, 0.717) is 12.0 Å². The van der Waals surface area contributed by atoms with E-state index in [4.69, 9.17) is 4.42 Å². The minimum atomic E-state index is -1.60. The lowest BCUT2D eigenvalue weighted by Gasteiger charge is -2.07. The fraction of sp³-hybridized carbons (Fsp3) is 0.167. The molecule has 3 heteroatoms. The van der Waals surface area contributed by atoms with Crippen molar-refractivity contribution in [3.05, 3.63) is 90.0 Å². The van der Waals surface area contributed by atoms with E-state index >= 15 is 0 Å². The van der Waals surface area contributed by atoms with Gasteiger partial charge < -0.3 is 4.42 Å². The molecular formula is C24H20F2O. The molecule has 1 nitrogen and oxygen atoms in total. The first-order chi connectivity index (χ1) is 13.2. The van der Waals surface area contributed by atoms with Crippen LogP contribution in [0.2, 0.25) is 0 Å². The summed E-state index contributed by atoms with van der Waals surface area (Å²) in [6.07, 6.45) is 1.30. The highest BCUT2D eigenvalue weighted by molar-refractivity contribution is 6.05. The van der Waals surface area contributed by atoms with Gasteiger partial charge in [-0.15, -0.1) is 0 Å². The van der Waals surface area contributed by atoms with E-state index < -0.39 is 6.08 Å². The molecule has 1 aromatic heterocycles. The van der Waals surface area contributed by atoms with Crippen LogP contribution in [0.1, 0.15) is 30.4 Å². The summed E-state index contributed by atoms with van der Waals surface area (Å²) in [5, 5.41) is 1.84. The average Bonchev–Trinajstić information content (AvgIpc) is 3.06. The lowest BCUT2D eigenvalue weighted by atomic mass is 9.98. The van der Waals surface area contributed by atoms with Gasteiger partial charge in [-0.2, -0.15) is 8.78 Å². The van der Waals surface area contributed by atoms with Crippen molar-refractivity contribution >= 4 is 27.5 Å². The van der Waals surface area contributed by atoms with Crippen molar-refractivity contribution in [2.45, 2.75) is 25.7 Å². The van der Waals surface area contributed by atoms with Gasteiger partial charge in [0.25, 0.3) is 6.08 Å². The number of rotatable bonds is 6. The number of hydrogen-bond acceptors (Lipinski definition) is 1. The lowest BCUT2D eigenvalue weighted by molar-refractivity contribution is 0.422. The zero-order chi connectivity index (χ0) is 18.6. The smallest absolute Gasteiger partial charge is 0.274 e. The highest BCUT2D eigenvalue weighted by Gasteiger charge is 2.13. The predicted molar refractivity (Wildman–Crippen MR) is 107 cm³/mol. The summed E-state index contributed by atoms with van der Waals surface area (Å²) in [6.45, 7) is 0. The number of unbranched alkanes of at least 4 members (excludes halogenated alkanes) is 1. The van der Waals surface area contributed by atoms with Crippen LogP contribution in [-0.4, -0.2) is 0 Å². The van der Waals surface area contributed by atoms with Gasteiger partial charge in [-0.05, 0) is 55.0 Å². The Morgan fingerprint density at radius 3 is 2.30 bits per heavy atom. The standard InChI is InChI=1S/C24H20F2O/c25-24(26)19(11-5-4-10-17-8-2-1-3-9-17)18-14-15-23-21(16-18)20-12-6-7-13-22(20)27-23/h1-3,6-9,12-16H,4-5,10-11H2. The minimum Gasteiger partial charge on any atom is -0.456 e. The van der Waals surface area contributed by atoms with Gasteiger partial charge in [-0.3, -0.25) is 0 Å². The largest absolute Gasteiger partial charge is 0.456 e. The lowest BCUT2D eigenvalue weighted by Crippen LogP contribution is -1.90. The van der Waals surface area contributed by atoms with E-state index in [1.54, 1.807) is 12.1 Å². The molecule has 0 aliphatic heterocycles. The van der Waals surface area contributed by atoms with Crippen LogP contribution in [0.4, 0.5) is 8.78 Å². The first-order valence-electron chi connectivity index (χ1n) is 9.22. The quantitative estimate of drug-likeness (QED) is 0.322. The zero-order valence-corrected chi connectivity index (χ0v) is 14.9. The predicted octanol–water partition coefficient (Wildman–Crippen LogP) is 7.61. The SMILES string of the molecule is FC(F)=C(CCCCc1ccccc1)c1ccc2oc3ccccc3c2c1. The van der Waals surface area contributed by atoms with Crippen LogP contribution in [0.3, 0.4) is 0 Å². The van der Waals surface area contributed by atoms with E-state index in [-0.39, 0.29) is 5.57 Å². The van der Waals surface area contributed by atoms with Gasteiger partial charge in [0.2, 0.25) is 0 Å². The van der Waals surface area contributed by atoms with Crippen molar-refractivity contribution < 1.29 is 13.2 Å². The molecule has 0 atom stereocenters. The molecule has 0 unspecified atom stereocenters. The maximum atomic E-state index is 13.6. The van der Waals surface area contributed by atoms with Crippen molar-refractivity contribution in [2.24, 2.45) is 0 Å². The Balaban J connectivity index is 1.53. The van der Waals surface area contributed by atoms with Crippen molar-refractivity contribution in [2.75, 3.05) is 0 Å². The Kier molecular flexibility index (Phi) is 5.01. The summed E-state index contributed by atoms with van der Waals surface area (Å²) < 4.78 is 33.1. The van der Waals surface area contributed by atoms with Crippen LogP contribution in [0.5, 0.6) is 0 Å². The van der Waals surface area contributed by atoms with E-state index in [9.17, 15) is 8.78 Å². The van der Waals surface area contributed by atoms with Crippen molar-refractivity contribution in [3.8, 4) is 0 Å². The molecule has 4 rings (SSSR count). The fourth-order valence-corrected chi connectivity index (χ4v) is 3.54. The number of furan rings is 1. The zero-order valence-electron chi connectivity index (χ0n) is 14.9. The Labute approximate surface area is 156 Å². The van der Waals surface area contributed by atoms with Gasteiger partial charge in [0, 0.05) is 16.3 Å². The highest BCUT2D eigenvalue weighted by atomic mass is 19.3. The molecule has 3 aromatic carbocycles. The topological polar surface area (TPSA) is 13.1 Å². The molecule has 0 N–H and O–H groups in total. The summed E-state index contributed by atoms with van der Waals surface area (Å²) in [7, 11) is 0. The van der Waals surface area contributed by atoms with Gasteiger partial charge in [0.15, 0.2) is 0 Å². The van der Waals surface area contributed by atoms with E-state index in [0.717, 1.165) is 41.2 Å². The molecule has 0 saturated heterocycles. The van der Waals surface area contributed by atoms with Gasteiger partial charge in [-0.1, -0.05) is 54.6 Å². The molecule has 0 aliphatic rings. The highest BCUT2D eigenvalue weighted by Crippen LogP contribution is 2.33. The van der Waals surface area contributed by atoms with Crippen LogP contribution in [0, 0.1) is 0 Å².